The summed E-state index contributed by atoms with van der Waals surface area (Å²) in [5.74, 6) is 1.05. The van der Waals surface area contributed by atoms with Gasteiger partial charge in [-0.25, -0.2) is 0 Å². The number of aliphatic hydroxyl groups is 1. The van der Waals surface area contributed by atoms with E-state index in [-0.39, 0.29) is 12.0 Å². The largest absolute Gasteiger partial charge is 0.393 e. The molecule has 1 atom stereocenters. The minimum Gasteiger partial charge on any atom is -0.393 e. The van der Waals surface area contributed by atoms with E-state index in [4.69, 9.17) is 0 Å². The Bertz CT molecular complexity index is 379. The highest BCUT2D eigenvalue weighted by Gasteiger charge is 2.39. The number of aliphatic hydroxyl groups excluding tert-OH is 1. The van der Waals surface area contributed by atoms with Crippen LogP contribution in [0.5, 0.6) is 0 Å². The van der Waals surface area contributed by atoms with Crippen molar-refractivity contribution in [2.75, 3.05) is 12.4 Å². The fraction of sp³-hybridized carbons (Fsp3) is 0.769. The number of thioether (sulfide) groups is 1. The number of carbonyl (C=O) groups excluding carboxylic acids is 1. The zero-order valence-electron chi connectivity index (χ0n) is 10.7. The molecule has 4 nitrogen and oxygen atoms in total. The van der Waals surface area contributed by atoms with Gasteiger partial charge in [0.25, 0.3) is 5.91 Å². The van der Waals surface area contributed by atoms with E-state index in [9.17, 15) is 9.90 Å². The fourth-order valence-corrected chi connectivity index (χ4v) is 3.98. The molecule has 18 heavy (non-hydrogen) atoms. The van der Waals surface area contributed by atoms with Crippen molar-refractivity contribution in [2.45, 2.75) is 50.8 Å². The second-order valence-electron chi connectivity index (χ2n) is 5.54. The van der Waals surface area contributed by atoms with Crippen molar-refractivity contribution in [1.29, 1.82) is 0 Å². The van der Waals surface area contributed by atoms with E-state index in [0.29, 0.717) is 12.1 Å². The van der Waals surface area contributed by atoms with Gasteiger partial charge in [-0.3, -0.25) is 4.79 Å². The minimum atomic E-state index is -0.164. The fourth-order valence-electron chi connectivity index (χ4n) is 3.00. The summed E-state index contributed by atoms with van der Waals surface area (Å²) in [6, 6.07) is 0.737. The summed E-state index contributed by atoms with van der Waals surface area (Å²) in [5, 5.41) is 11.4. The van der Waals surface area contributed by atoms with Crippen LogP contribution in [0.4, 0.5) is 0 Å². The third kappa shape index (κ3) is 2.03. The Morgan fingerprint density at radius 2 is 2.28 bits per heavy atom. The Kier molecular flexibility index (Phi) is 3.28. The number of rotatable bonds is 2. The molecule has 3 aliphatic rings. The maximum absolute atomic E-state index is 12.5. The number of hydrogen-bond acceptors (Lipinski definition) is 4. The first-order valence-electron chi connectivity index (χ1n) is 6.74. The van der Waals surface area contributed by atoms with Crippen LogP contribution in [0.3, 0.4) is 0 Å². The highest BCUT2D eigenvalue weighted by atomic mass is 32.2. The molecule has 100 valence electrons. The quantitative estimate of drug-likeness (QED) is 0.821. The predicted octanol–water partition coefficient (Wildman–Crippen LogP) is 1.37. The highest BCUT2D eigenvalue weighted by molar-refractivity contribution is 8.02. The van der Waals surface area contributed by atoms with E-state index in [2.05, 4.69) is 11.8 Å². The molecule has 5 heteroatoms. The van der Waals surface area contributed by atoms with Crippen LogP contribution in [0, 0.1) is 0 Å². The van der Waals surface area contributed by atoms with Gasteiger partial charge in [-0.05, 0) is 32.6 Å². The molecule has 0 aromatic carbocycles. The van der Waals surface area contributed by atoms with Crippen LogP contribution in [-0.2, 0) is 4.79 Å². The van der Waals surface area contributed by atoms with E-state index >= 15 is 0 Å². The lowest BCUT2D eigenvalue weighted by molar-refractivity contribution is -0.130. The summed E-state index contributed by atoms with van der Waals surface area (Å²) in [4.78, 5) is 16.7. The molecule has 0 radical (unpaired) electrons. The Morgan fingerprint density at radius 3 is 2.89 bits per heavy atom. The number of amides is 1. The molecule has 0 aromatic rings. The van der Waals surface area contributed by atoms with Gasteiger partial charge in [0.05, 0.1) is 12.0 Å². The molecule has 2 fully saturated rings. The van der Waals surface area contributed by atoms with Crippen molar-refractivity contribution >= 4 is 17.7 Å². The van der Waals surface area contributed by atoms with Crippen molar-refractivity contribution < 1.29 is 9.90 Å². The van der Waals surface area contributed by atoms with Gasteiger partial charge in [0.1, 0.15) is 5.70 Å². The Morgan fingerprint density at radius 1 is 1.50 bits per heavy atom. The lowest BCUT2D eigenvalue weighted by atomic mass is 9.88. The molecule has 0 aromatic heterocycles. The third-order valence-corrected chi connectivity index (χ3v) is 5.10. The molecule has 2 aliphatic heterocycles. The van der Waals surface area contributed by atoms with Crippen LogP contribution in [0.2, 0.25) is 0 Å². The summed E-state index contributed by atoms with van der Waals surface area (Å²) < 4.78 is 0. The number of likely N-dealkylation sites (tertiary alicyclic amines) is 1. The standard InChI is InChI=1S/C13H20N2O2S/c1-9-3-2-4-14(9)13(17)12-7-18-8-15(12)10-5-11(16)6-10/h7,9-11,16H,2-6,8H2,1H3/t9-,10-,11-/m0/s1. The van der Waals surface area contributed by atoms with E-state index in [1.807, 2.05) is 10.3 Å². The van der Waals surface area contributed by atoms with Crippen LogP contribution >= 0.6 is 11.8 Å². The molecule has 0 spiro atoms. The average Bonchev–Trinajstić information content (AvgIpc) is 2.92. The molecule has 1 saturated carbocycles. The van der Waals surface area contributed by atoms with Gasteiger partial charge in [0.2, 0.25) is 0 Å². The van der Waals surface area contributed by atoms with E-state index in [0.717, 1.165) is 43.8 Å². The number of carbonyl (C=O) groups is 1. The van der Waals surface area contributed by atoms with Crippen molar-refractivity contribution in [2.24, 2.45) is 0 Å². The van der Waals surface area contributed by atoms with Gasteiger partial charge >= 0.3 is 0 Å². The summed E-state index contributed by atoms with van der Waals surface area (Å²) in [7, 11) is 0. The van der Waals surface area contributed by atoms with Crippen LogP contribution < -0.4 is 0 Å². The normalized spacial score (nSPS) is 35.7. The van der Waals surface area contributed by atoms with Crippen molar-refractivity contribution in [3.63, 3.8) is 0 Å². The minimum absolute atomic E-state index is 0.164. The lowest BCUT2D eigenvalue weighted by Gasteiger charge is -2.41. The average molecular weight is 268 g/mol. The van der Waals surface area contributed by atoms with Crippen LogP contribution in [0.1, 0.15) is 32.6 Å². The molecule has 3 rings (SSSR count). The van der Waals surface area contributed by atoms with Gasteiger partial charge < -0.3 is 14.9 Å². The van der Waals surface area contributed by atoms with Gasteiger partial charge in [0, 0.05) is 24.0 Å². The monoisotopic (exact) mass is 268 g/mol. The van der Waals surface area contributed by atoms with Gasteiger partial charge in [-0.1, -0.05) is 0 Å². The van der Waals surface area contributed by atoms with Gasteiger partial charge in [0.15, 0.2) is 0 Å². The SMILES string of the molecule is C[C@H]1CCCN1C(=O)C1=CSCN1[C@H]1C[C@H](O)C1. The molecular weight excluding hydrogens is 248 g/mol. The van der Waals surface area contributed by atoms with Crippen molar-refractivity contribution in [3.05, 3.63) is 11.1 Å². The number of hydrogen-bond donors (Lipinski definition) is 1. The van der Waals surface area contributed by atoms with Crippen LogP contribution in [-0.4, -0.2) is 51.4 Å². The maximum Gasteiger partial charge on any atom is 0.270 e. The van der Waals surface area contributed by atoms with E-state index in [1.54, 1.807) is 11.8 Å². The number of nitrogens with zero attached hydrogens (tertiary/aromatic N) is 2. The Labute approximate surface area is 112 Å². The molecular formula is C13H20N2O2S. The third-order valence-electron chi connectivity index (χ3n) is 4.28. The first-order chi connectivity index (χ1) is 8.66. The second kappa shape index (κ2) is 4.78. The zero-order valence-corrected chi connectivity index (χ0v) is 11.5. The van der Waals surface area contributed by atoms with Crippen LogP contribution in [0.25, 0.3) is 0 Å². The molecule has 1 aliphatic carbocycles. The first-order valence-corrected chi connectivity index (χ1v) is 7.79. The molecule has 2 heterocycles. The summed E-state index contributed by atoms with van der Waals surface area (Å²) in [5.41, 5.74) is 0.852. The van der Waals surface area contributed by atoms with E-state index < -0.39 is 0 Å². The van der Waals surface area contributed by atoms with Gasteiger partial charge in [-0.2, -0.15) is 0 Å². The van der Waals surface area contributed by atoms with Crippen LogP contribution in [0.15, 0.2) is 11.1 Å². The van der Waals surface area contributed by atoms with E-state index in [1.165, 1.54) is 0 Å². The van der Waals surface area contributed by atoms with Crippen molar-refractivity contribution in [1.82, 2.24) is 9.80 Å². The zero-order chi connectivity index (χ0) is 12.7. The Balaban J connectivity index is 1.69. The highest BCUT2D eigenvalue weighted by Crippen LogP contribution is 2.36. The van der Waals surface area contributed by atoms with Gasteiger partial charge in [-0.15, -0.1) is 11.8 Å². The summed E-state index contributed by atoms with van der Waals surface area (Å²) in [6.07, 6.45) is 3.69. The summed E-state index contributed by atoms with van der Waals surface area (Å²) in [6.45, 7) is 3.02. The smallest absolute Gasteiger partial charge is 0.270 e. The molecule has 1 N–H and O–H groups in total. The molecule has 0 unspecified atom stereocenters. The maximum atomic E-state index is 12.5. The predicted molar refractivity (Wildman–Crippen MR) is 71.8 cm³/mol. The topological polar surface area (TPSA) is 43.8 Å². The Hall–Kier alpha value is -0.680. The molecule has 1 amide bonds. The first kappa shape index (κ1) is 12.4. The summed E-state index contributed by atoms with van der Waals surface area (Å²) >= 11 is 1.69. The molecule has 0 bridgehead atoms. The lowest BCUT2D eigenvalue weighted by Crippen LogP contribution is -2.48. The van der Waals surface area contributed by atoms with Crippen molar-refractivity contribution in [3.8, 4) is 0 Å². The second-order valence-corrected chi connectivity index (χ2v) is 6.36. The molecule has 1 saturated heterocycles.